The Balaban J connectivity index is 1.61. The number of hydrogen-bond donors (Lipinski definition) is 1. The lowest BCUT2D eigenvalue weighted by atomic mass is 9.82. The van der Waals surface area contributed by atoms with E-state index in [4.69, 9.17) is 0 Å². The van der Waals surface area contributed by atoms with Crippen molar-refractivity contribution in [1.82, 2.24) is 15.1 Å². The van der Waals surface area contributed by atoms with E-state index >= 15 is 0 Å². The van der Waals surface area contributed by atoms with Gasteiger partial charge in [0.25, 0.3) is 0 Å². The highest BCUT2D eigenvalue weighted by molar-refractivity contribution is 7.91. The molecule has 0 aliphatic carbocycles. The molecule has 3 aromatic rings. The van der Waals surface area contributed by atoms with E-state index in [1.807, 2.05) is 0 Å². The molecule has 2 atom stereocenters. The predicted octanol–water partition coefficient (Wildman–Crippen LogP) is 3.67. The Kier molecular flexibility index (Phi) is 5.90. The summed E-state index contributed by atoms with van der Waals surface area (Å²) in [6.45, 7) is 1.02. The highest BCUT2D eigenvalue weighted by atomic mass is 32.2. The van der Waals surface area contributed by atoms with E-state index in [1.165, 1.54) is 18.2 Å². The van der Waals surface area contributed by atoms with Crippen LogP contribution in [-0.4, -0.2) is 37.0 Å². The van der Waals surface area contributed by atoms with Gasteiger partial charge in [-0.1, -0.05) is 12.1 Å². The largest absolute Gasteiger partial charge is 0.316 e. The van der Waals surface area contributed by atoms with E-state index in [9.17, 15) is 21.6 Å². The number of nitrogens with zero attached hydrogens (tertiary/aromatic N) is 2. The Morgan fingerprint density at radius 2 is 1.87 bits per heavy atom. The van der Waals surface area contributed by atoms with Crippen LogP contribution in [0.4, 0.5) is 13.2 Å². The van der Waals surface area contributed by atoms with Gasteiger partial charge in [0.05, 0.1) is 11.4 Å². The monoisotopic (exact) mass is 449 g/mol. The summed E-state index contributed by atoms with van der Waals surface area (Å²) in [6, 6.07) is 9.38. The number of hydrogen-bond acceptors (Lipinski definition) is 4. The average Bonchev–Trinajstić information content (AvgIpc) is 3.16. The van der Waals surface area contributed by atoms with Crippen molar-refractivity contribution in [2.75, 3.05) is 18.8 Å². The Bertz CT molecular complexity index is 1210. The van der Waals surface area contributed by atoms with Gasteiger partial charge < -0.3 is 5.32 Å². The molecule has 2 heterocycles. The Morgan fingerprint density at radius 3 is 2.55 bits per heavy atom. The maximum absolute atomic E-state index is 14.8. The molecule has 1 aromatic heterocycles. The molecular formula is C22H22F3N3O2S. The number of nitrogens with one attached hydrogen (secondary N) is 1. The second-order valence-corrected chi connectivity index (χ2v) is 9.80. The highest BCUT2D eigenvalue weighted by Gasteiger charge is 2.33. The van der Waals surface area contributed by atoms with Gasteiger partial charge in [0.15, 0.2) is 21.5 Å². The zero-order valence-corrected chi connectivity index (χ0v) is 17.7. The maximum Gasteiger partial charge on any atom is 0.181 e. The molecule has 31 heavy (non-hydrogen) atoms. The predicted molar refractivity (Wildman–Crippen MR) is 111 cm³/mol. The van der Waals surface area contributed by atoms with Crippen molar-refractivity contribution in [2.24, 2.45) is 13.0 Å². The fourth-order valence-corrected chi connectivity index (χ4v) is 5.95. The summed E-state index contributed by atoms with van der Waals surface area (Å²) < 4.78 is 69.6. The molecule has 1 N–H and O–H groups in total. The summed E-state index contributed by atoms with van der Waals surface area (Å²) in [4.78, 5) is -0.368. The first-order valence-corrected chi connectivity index (χ1v) is 11.6. The summed E-state index contributed by atoms with van der Waals surface area (Å²) in [5.41, 5.74) is 1.74. The van der Waals surface area contributed by atoms with Crippen molar-refractivity contribution in [3.63, 3.8) is 0 Å². The van der Waals surface area contributed by atoms with Crippen LogP contribution in [0.25, 0.3) is 11.3 Å². The number of benzene rings is 2. The third-order valence-corrected chi connectivity index (χ3v) is 7.66. The first kappa shape index (κ1) is 21.6. The molecule has 164 valence electrons. The summed E-state index contributed by atoms with van der Waals surface area (Å²) >= 11 is 0. The van der Waals surface area contributed by atoms with E-state index in [1.54, 1.807) is 30.1 Å². The van der Waals surface area contributed by atoms with E-state index in [-0.39, 0.29) is 16.6 Å². The lowest BCUT2D eigenvalue weighted by Gasteiger charge is -2.32. The molecule has 5 nitrogen and oxygen atoms in total. The van der Waals surface area contributed by atoms with Gasteiger partial charge in [-0.2, -0.15) is 5.10 Å². The van der Waals surface area contributed by atoms with Gasteiger partial charge in [0, 0.05) is 18.8 Å². The van der Waals surface area contributed by atoms with Gasteiger partial charge in [-0.3, -0.25) is 4.68 Å². The first-order valence-electron chi connectivity index (χ1n) is 9.92. The summed E-state index contributed by atoms with van der Waals surface area (Å²) in [6.07, 6.45) is 2.15. The quantitative estimate of drug-likeness (QED) is 0.646. The van der Waals surface area contributed by atoms with Crippen molar-refractivity contribution < 1.29 is 21.6 Å². The van der Waals surface area contributed by atoms with Crippen LogP contribution in [0, 0.1) is 23.4 Å². The topological polar surface area (TPSA) is 64.0 Å². The van der Waals surface area contributed by atoms with Crippen LogP contribution in [-0.2, 0) is 16.9 Å². The normalized spacial score (nSPS) is 19.5. The third kappa shape index (κ3) is 4.38. The Labute approximate surface area is 178 Å². The molecule has 0 unspecified atom stereocenters. The van der Waals surface area contributed by atoms with E-state index in [0.717, 1.165) is 12.1 Å². The highest BCUT2D eigenvalue weighted by Crippen LogP contribution is 2.34. The van der Waals surface area contributed by atoms with Gasteiger partial charge >= 0.3 is 0 Å². The molecule has 9 heteroatoms. The smallest absolute Gasteiger partial charge is 0.181 e. The van der Waals surface area contributed by atoms with Crippen molar-refractivity contribution in [3.8, 4) is 11.3 Å². The number of piperidine rings is 1. The second kappa shape index (κ2) is 8.47. The third-order valence-electron chi connectivity index (χ3n) is 5.80. The van der Waals surface area contributed by atoms with Crippen molar-refractivity contribution in [2.45, 2.75) is 17.2 Å². The van der Waals surface area contributed by atoms with Gasteiger partial charge in [-0.05, 0) is 67.2 Å². The summed E-state index contributed by atoms with van der Waals surface area (Å²) in [7, 11) is -2.24. The zero-order valence-electron chi connectivity index (χ0n) is 16.9. The molecule has 1 saturated heterocycles. The Hall–Kier alpha value is -2.65. The number of sulfone groups is 1. The maximum atomic E-state index is 14.8. The van der Waals surface area contributed by atoms with Crippen LogP contribution in [0.2, 0.25) is 0 Å². The molecule has 0 bridgehead atoms. The molecule has 0 amide bonds. The first-order chi connectivity index (χ1) is 14.8. The van der Waals surface area contributed by atoms with Gasteiger partial charge in [-0.15, -0.1) is 0 Å². The fraction of sp³-hybridized carbons (Fsp3) is 0.318. The van der Waals surface area contributed by atoms with E-state index < -0.39 is 33.2 Å². The Morgan fingerprint density at radius 1 is 1.06 bits per heavy atom. The van der Waals surface area contributed by atoms with E-state index in [0.29, 0.717) is 36.3 Å². The molecule has 1 fully saturated rings. The van der Waals surface area contributed by atoms with Crippen LogP contribution in [0.5, 0.6) is 0 Å². The molecule has 4 rings (SSSR count). The molecule has 0 radical (unpaired) electrons. The standard InChI is InChI=1S/C22H22F3N3O2S/c1-28-21(7-9-27-28)15-3-5-22(20(25)11-15)31(29,30)13-16-12-26-8-6-17(16)14-2-4-18(23)19(24)10-14/h2-5,7,9-11,16-17,26H,6,8,12-13H2,1H3/t16-,17-/m0/s1. The second-order valence-electron chi connectivity index (χ2n) is 7.80. The van der Waals surface area contributed by atoms with Crippen LogP contribution in [0.1, 0.15) is 17.9 Å². The van der Waals surface area contributed by atoms with Crippen LogP contribution < -0.4 is 5.32 Å². The number of rotatable bonds is 5. The molecule has 0 spiro atoms. The minimum Gasteiger partial charge on any atom is -0.316 e. The lowest BCUT2D eigenvalue weighted by Crippen LogP contribution is -2.39. The summed E-state index contributed by atoms with van der Waals surface area (Å²) in [5, 5.41) is 7.19. The van der Waals surface area contributed by atoms with Crippen LogP contribution >= 0.6 is 0 Å². The van der Waals surface area contributed by atoms with Crippen LogP contribution in [0.15, 0.2) is 53.6 Å². The number of halogens is 3. The molecule has 1 aliphatic heterocycles. The van der Waals surface area contributed by atoms with Crippen molar-refractivity contribution in [1.29, 1.82) is 0 Å². The van der Waals surface area contributed by atoms with Crippen molar-refractivity contribution in [3.05, 3.63) is 71.7 Å². The number of aromatic nitrogens is 2. The molecule has 2 aromatic carbocycles. The summed E-state index contributed by atoms with van der Waals surface area (Å²) in [5.74, 6) is -3.72. The SMILES string of the molecule is Cn1nccc1-c1ccc(S(=O)(=O)C[C@@H]2CNCC[C@H]2c2ccc(F)c(F)c2)c(F)c1. The fourth-order valence-electron chi connectivity index (χ4n) is 4.22. The molecular weight excluding hydrogens is 427 g/mol. The molecule has 1 aliphatic rings. The van der Waals surface area contributed by atoms with Crippen LogP contribution in [0.3, 0.4) is 0 Å². The minimum atomic E-state index is -3.95. The minimum absolute atomic E-state index is 0.275. The van der Waals surface area contributed by atoms with Gasteiger partial charge in [0.2, 0.25) is 0 Å². The lowest BCUT2D eigenvalue weighted by molar-refractivity contribution is 0.348. The average molecular weight is 449 g/mol. The molecule has 0 saturated carbocycles. The van der Waals surface area contributed by atoms with Gasteiger partial charge in [-0.25, -0.2) is 21.6 Å². The van der Waals surface area contributed by atoms with Crippen molar-refractivity contribution >= 4 is 9.84 Å². The zero-order chi connectivity index (χ0) is 22.2. The van der Waals surface area contributed by atoms with E-state index in [2.05, 4.69) is 10.4 Å². The van der Waals surface area contributed by atoms with Gasteiger partial charge in [0.1, 0.15) is 10.7 Å². The number of aryl methyl sites for hydroxylation is 1.